The van der Waals surface area contributed by atoms with Crippen LogP contribution in [0.4, 0.5) is 22.7 Å². The van der Waals surface area contributed by atoms with E-state index in [9.17, 15) is 0 Å². The summed E-state index contributed by atoms with van der Waals surface area (Å²) in [6, 6.07) is 33.6. The molecule has 4 aromatic rings. The average molecular weight is 665 g/mol. The van der Waals surface area contributed by atoms with E-state index in [0.717, 1.165) is 34.1 Å². The fraction of sp³-hybridized carbons (Fsp3) is 0.227. The lowest BCUT2D eigenvalue weighted by Gasteiger charge is -2.35. The number of nitrogens with one attached hydrogen (secondary N) is 4. The molecule has 2 atom stereocenters. The van der Waals surface area contributed by atoms with E-state index in [4.69, 9.17) is 9.47 Å². The number of benzene rings is 4. The minimum Gasteiger partial charge on any atom is -0.356 e. The van der Waals surface area contributed by atoms with E-state index >= 15 is 0 Å². The Labute approximate surface area is 297 Å². The molecule has 0 heterocycles. The van der Waals surface area contributed by atoms with Gasteiger partial charge < -0.3 is 30.7 Å². The lowest BCUT2D eigenvalue weighted by atomic mass is 10.0. The molecule has 0 aromatic heterocycles. The second-order valence-electron chi connectivity index (χ2n) is 13.2. The normalized spacial score (nSPS) is 19.9. The zero-order valence-corrected chi connectivity index (χ0v) is 29.5. The molecule has 0 aliphatic heterocycles. The molecule has 0 fully saturated rings. The summed E-state index contributed by atoms with van der Waals surface area (Å²) in [5.41, 5.74) is 9.75. The highest BCUT2D eigenvalue weighted by atomic mass is 16.5. The van der Waals surface area contributed by atoms with Crippen molar-refractivity contribution in [2.45, 2.75) is 52.0 Å². The van der Waals surface area contributed by atoms with E-state index in [-0.39, 0.29) is 0 Å². The van der Waals surface area contributed by atoms with Crippen LogP contribution in [-0.4, -0.2) is 24.7 Å². The predicted molar refractivity (Wildman–Crippen MR) is 209 cm³/mol. The summed E-state index contributed by atoms with van der Waals surface area (Å²) >= 11 is 0. The van der Waals surface area contributed by atoms with Gasteiger partial charge in [0.25, 0.3) is 0 Å². The van der Waals surface area contributed by atoms with Gasteiger partial charge in [-0.15, -0.1) is 0 Å². The molecule has 0 bridgehead atoms. The topological polar surface area (TPSA) is 66.6 Å². The fourth-order valence-corrected chi connectivity index (χ4v) is 5.80. The molecule has 0 radical (unpaired) electrons. The van der Waals surface area contributed by atoms with Crippen LogP contribution in [0.25, 0.3) is 0 Å². The van der Waals surface area contributed by atoms with Crippen molar-refractivity contribution in [1.82, 2.24) is 0 Å². The van der Waals surface area contributed by atoms with Gasteiger partial charge in [0.15, 0.2) is 11.4 Å². The van der Waals surface area contributed by atoms with Gasteiger partial charge in [0, 0.05) is 47.0 Å². The maximum absolute atomic E-state index is 6.56. The zero-order valence-electron chi connectivity index (χ0n) is 29.5. The van der Waals surface area contributed by atoms with Crippen LogP contribution in [-0.2, 0) is 9.47 Å². The average Bonchev–Trinajstić information content (AvgIpc) is 3.12. The molecule has 2 aliphatic rings. The Kier molecular flexibility index (Phi) is 11.0. The molecular formula is C44H48N4O2. The van der Waals surface area contributed by atoms with E-state index < -0.39 is 11.4 Å². The summed E-state index contributed by atoms with van der Waals surface area (Å²) in [4.78, 5) is 0. The second-order valence-corrected chi connectivity index (χ2v) is 13.2. The van der Waals surface area contributed by atoms with E-state index in [1.54, 1.807) is 0 Å². The number of rotatable bonds is 14. The van der Waals surface area contributed by atoms with Crippen LogP contribution in [0.5, 0.6) is 0 Å². The zero-order chi connectivity index (χ0) is 34.8. The van der Waals surface area contributed by atoms with E-state index in [1.165, 1.54) is 22.3 Å². The van der Waals surface area contributed by atoms with Crippen molar-refractivity contribution in [3.8, 4) is 0 Å². The van der Waals surface area contributed by atoms with Crippen LogP contribution >= 0.6 is 0 Å². The van der Waals surface area contributed by atoms with Crippen molar-refractivity contribution >= 4 is 22.7 Å². The third-order valence-corrected chi connectivity index (χ3v) is 8.85. The number of aryl methyl sites for hydroxylation is 4. The van der Waals surface area contributed by atoms with Crippen LogP contribution in [0.3, 0.4) is 0 Å². The molecule has 50 heavy (non-hydrogen) atoms. The summed E-state index contributed by atoms with van der Waals surface area (Å²) in [7, 11) is 0. The Balaban J connectivity index is 1.09. The number of anilines is 4. The van der Waals surface area contributed by atoms with E-state index in [2.05, 4.69) is 182 Å². The lowest BCUT2D eigenvalue weighted by Crippen LogP contribution is -2.41. The van der Waals surface area contributed by atoms with Crippen molar-refractivity contribution in [2.75, 3.05) is 34.5 Å². The fourth-order valence-electron chi connectivity index (χ4n) is 5.80. The van der Waals surface area contributed by atoms with Gasteiger partial charge >= 0.3 is 0 Å². The molecule has 4 N–H and O–H groups in total. The second kappa shape index (κ2) is 15.9. The van der Waals surface area contributed by atoms with Gasteiger partial charge in [0.2, 0.25) is 0 Å². The third-order valence-electron chi connectivity index (χ3n) is 8.85. The standard InChI is InChI=1S/C44H48N4O2/c1-33-7-15-37(16-8-33)45-39-23-27-43(28-24-39,47-41-19-11-35(3)12-20-41)49-31-5-6-32-50-44(48-42-21-13-36(4)14-22-42)29-25-40(26-30-44)46-38-17-9-34(2)10-18-38/h5-27,29,45-48H,28,30-32H2,1-4H3. The first-order valence-corrected chi connectivity index (χ1v) is 17.3. The molecule has 0 saturated heterocycles. The van der Waals surface area contributed by atoms with Crippen molar-refractivity contribution in [1.29, 1.82) is 0 Å². The minimum absolute atomic E-state index is 0.417. The summed E-state index contributed by atoms with van der Waals surface area (Å²) in [5.74, 6) is 0. The number of hydrogen-bond donors (Lipinski definition) is 4. The molecule has 6 nitrogen and oxygen atoms in total. The van der Waals surface area contributed by atoms with Crippen LogP contribution in [0.2, 0.25) is 0 Å². The molecule has 6 rings (SSSR count). The largest absolute Gasteiger partial charge is 0.356 e. The summed E-state index contributed by atoms with van der Waals surface area (Å²) in [6.07, 6.45) is 18.1. The van der Waals surface area contributed by atoms with Crippen molar-refractivity contribution in [3.63, 3.8) is 0 Å². The monoisotopic (exact) mass is 664 g/mol. The lowest BCUT2D eigenvalue weighted by molar-refractivity contribution is 0.0266. The van der Waals surface area contributed by atoms with Crippen LogP contribution in [0.15, 0.2) is 157 Å². The molecule has 2 unspecified atom stereocenters. The van der Waals surface area contributed by atoms with Crippen LogP contribution in [0, 0.1) is 27.7 Å². The SMILES string of the molecule is Cc1ccc(NC2=CCC(Nc3ccc(C)cc3)(OCC=CCOC3(Nc4ccc(C)cc4)C=CC(Nc4ccc(C)cc4)=CC3)C=C2)cc1. The van der Waals surface area contributed by atoms with Gasteiger partial charge in [-0.25, -0.2) is 0 Å². The van der Waals surface area contributed by atoms with Crippen LogP contribution in [0.1, 0.15) is 35.1 Å². The molecule has 2 aliphatic carbocycles. The Morgan fingerprint density at radius 1 is 0.480 bits per heavy atom. The quantitative estimate of drug-likeness (QED) is 0.0795. The first-order chi connectivity index (χ1) is 24.3. The maximum Gasteiger partial charge on any atom is 0.162 e. The van der Waals surface area contributed by atoms with Crippen molar-refractivity contribution in [3.05, 3.63) is 179 Å². The van der Waals surface area contributed by atoms with Gasteiger partial charge in [-0.2, -0.15) is 0 Å². The molecule has 0 saturated carbocycles. The van der Waals surface area contributed by atoms with E-state index in [0.29, 0.717) is 26.1 Å². The molecule has 4 aromatic carbocycles. The smallest absolute Gasteiger partial charge is 0.162 e. The maximum atomic E-state index is 6.56. The highest BCUT2D eigenvalue weighted by Crippen LogP contribution is 2.30. The van der Waals surface area contributed by atoms with Crippen molar-refractivity contribution < 1.29 is 9.47 Å². The molecule has 0 spiro atoms. The van der Waals surface area contributed by atoms with Gasteiger partial charge in [-0.1, -0.05) is 95.1 Å². The highest BCUT2D eigenvalue weighted by Gasteiger charge is 2.30. The van der Waals surface area contributed by atoms with Gasteiger partial charge in [0.05, 0.1) is 13.2 Å². The van der Waals surface area contributed by atoms with Gasteiger partial charge in [0.1, 0.15) is 0 Å². The molecule has 0 amide bonds. The third kappa shape index (κ3) is 9.65. The Morgan fingerprint density at radius 3 is 1.10 bits per heavy atom. The Bertz CT molecular complexity index is 1730. The molecule has 256 valence electrons. The van der Waals surface area contributed by atoms with Gasteiger partial charge in [-0.3, -0.25) is 0 Å². The summed E-state index contributed by atoms with van der Waals surface area (Å²) in [5, 5.41) is 14.3. The van der Waals surface area contributed by atoms with Crippen LogP contribution < -0.4 is 21.3 Å². The highest BCUT2D eigenvalue weighted by molar-refractivity contribution is 5.56. The number of ether oxygens (including phenoxy) is 2. The molecular weight excluding hydrogens is 617 g/mol. The van der Waals surface area contributed by atoms with Gasteiger partial charge in [-0.05, 0) is 101 Å². The summed E-state index contributed by atoms with van der Waals surface area (Å²) in [6.45, 7) is 9.21. The first kappa shape index (κ1) is 34.6. The van der Waals surface area contributed by atoms with Crippen molar-refractivity contribution in [2.24, 2.45) is 0 Å². The summed E-state index contributed by atoms with van der Waals surface area (Å²) < 4.78 is 13.1. The first-order valence-electron chi connectivity index (χ1n) is 17.3. The predicted octanol–water partition coefficient (Wildman–Crippen LogP) is 10.3. The number of hydrogen-bond acceptors (Lipinski definition) is 6. The Hall–Kier alpha value is -5.30. The number of allylic oxidation sites excluding steroid dienone is 2. The Morgan fingerprint density at radius 2 is 0.800 bits per heavy atom. The molecule has 6 heteroatoms. The van der Waals surface area contributed by atoms with E-state index in [1.807, 2.05) is 12.2 Å². The minimum atomic E-state index is -0.690.